The van der Waals surface area contributed by atoms with E-state index in [2.05, 4.69) is 10.4 Å². The van der Waals surface area contributed by atoms with E-state index in [1.54, 1.807) is 17.9 Å². The van der Waals surface area contributed by atoms with Crippen molar-refractivity contribution in [2.24, 2.45) is 7.05 Å². The number of aromatic nitrogens is 2. The minimum atomic E-state index is -4.31. The number of carbonyl (C=O) groups excluding carboxylic acids is 1. The maximum Gasteiger partial charge on any atom is 0.401 e. The summed E-state index contributed by atoms with van der Waals surface area (Å²) < 4.78 is 37.1. The lowest BCUT2D eigenvalue weighted by atomic mass is 10.2. The van der Waals surface area contributed by atoms with Gasteiger partial charge in [0.05, 0.1) is 19.3 Å². The van der Waals surface area contributed by atoms with Crippen molar-refractivity contribution in [1.82, 2.24) is 20.4 Å². The molecule has 1 rings (SSSR count). The molecule has 1 amide bonds. The molecule has 18 heavy (non-hydrogen) atoms. The van der Waals surface area contributed by atoms with Crippen molar-refractivity contribution in [2.75, 3.05) is 13.1 Å². The summed E-state index contributed by atoms with van der Waals surface area (Å²) in [5.74, 6) is -0.484. The summed E-state index contributed by atoms with van der Waals surface area (Å²) in [5.41, 5.74) is 1.74. The number of hydrogen-bond acceptors (Lipinski definition) is 3. The molecule has 0 saturated carbocycles. The maximum absolute atomic E-state index is 11.8. The number of carbonyl (C=O) groups is 1. The fourth-order valence-corrected chi connectivity index (χ4v) is 1.29. The second kappa shape index (κ2) is 5.85. The van der Waals surface area contributed by atoms with Gasteiger partial charge in [0.25, 0.3) is 0 Å². The largest absolute Gasteiger partial charge is 0.401 e. The molecule has 0 aromatic carbocycles. The molecular formula is C10H15F3N4O. The Hall–Kier alpha value is -1.57. The van der Waals surface area contributed by atoms with Crippen LogP contribution in [-0.2, 0) is 18.4 Å². The Morgan fingerprint density at radius 1 is 1.50 bits per heavy atom. The predicted octanol–water partition coefficient (Wildman–Crippen LogP) is 0.497. The molecular weight excluding hydrogens is 249 g/mol. The molecule has 5 nitrogen and oxygen atoms in total. The summed E-state index contributed by atoms with van der Waals surface area (Å²) in [6.45, 7) is 0.563. The van der Waals surface area contributed by atoms with Crippen LogP contribution >= 0.6 is 0 Å². The third kappa shape index (κ3) is 4.74. The molecule has 1 heterocycles. The lowest BCUT2D eigenvalue weighted by Gasteiger charge is -2.08. The lowest BCUT2D eigenvalue weighted by molar-refractivity contribution is -0.128. The molecule has 1 aromatic rings. The molecule has 0 fully saturated rings. The summed E-state index contributed by atoms with van der Waals surface area (Å²) in [6, 6.07) is 0. The number of halogens is 3. The summed E-state index contributed by atoms with van der Waals surface area (Å²) in [4.78, 5) is 11.3. The molecule has 0 saturated heterocycles. The number of nitrogens with one attached hydrogen (secondary N) is 2. The highest BCUT2D eigenvalue weighted by molar-refractivity contribution is 5.77. The van der Waals surface area contributed by atoms with Crippen LogP contribution in [-0.4, -0.2) is 35.0 Å². The van der Waals surface area contributed by atoms with Crippen LogP contribution in [0.15, 0.2) is 6.20 Å². The highest BCUT2D eigenvalue weighted by atomic mass is 19.4. The van der Waals surface area contributed by atoms with Gasteiger partial charge in [0, 0.05) is 24.8 Å². The zero-order valence-electron chi connectivity index (χ0n) is 10.1. The van der Waals surface area contributed by atoms with Crippen molar-refractivity contribution in [3.05, 3.63) is 17.5 Å². The Morgan fingerprint density at radius 3 is 2.67 bits per heavy atom. The van der Waals surface area contributed by atoms with Crippen LogP contribution in [0.25, 0.3) is 0 Å². The number of amides is 1. The Kier molecular flexibility index (Phi) is 4.71. The molecule has 0 unspecified atom stereocenters. The molecule has 2 N–H and O–H groups in total. The monoisotopic (exact) mass is 264 g/mol. The van der Waals surface area contributed by atoms with Gasteiger partial charge in [-0.3, -0.25) is 9.48 Å². The summed E-state index contributed by atoms with van der Waals surface area (Å²) in [5, 5.41) is 8.53. The molecule has 102 valence electrons. The zero-order chi connectivity index (χ0) is 13.8. The van der Waals surface area contributed by atoms with Gasteiger partial charge >= 0.3 is 6.18 Å². The van der Waals surface area contributed by atoms with E-state index in [1.807, 2.05) is 12.2 Å². The van der Waals surface area contributed by atoms with Gasteiger partial charge in [0.2, 0.25) is 5.91 Å². The quantitative estimate of drug-likeness (QED) is 0.814. The molecule has 1 aromatic heterocycles. The van der Waals surface area contributed by atoms with Crippen molar-refractivity contribution in [3.8, 4) is 0 Å². The maximum atomic E-state index is 11.8. The van der Waals surface area contributed by atoms with Crippen LogP contribution in [0.1, 0.15) is 11.3 Å². The first-order valence-corrected chi connectivity index (χ1v) is 5.31. The first-order chi connectivity index (χ1) is 8.29. The first kappa shape index (κ1) is 14.5. The smallest absolute Gasteiger partial charge is 0.351 e. The summed E-state index contributed by atoms with van der Waals surface area (Å²) in [6.07, 6.45) is -2.70. The second-order valence-corrected chi connectivity index (χ2v) is 3.87. The van der Waals surface area contributed by atoms with Gasteiger partial charge in [-0.2, -0.15) is 18.3 Å². The van der Waals surface area contributed by atoms with E-state index in [0.29, 0.717) is 0 Å². The van der Waals surface area contributed by atoms with Crippen molar-refractivity contribution in [3.63, 3.8) is 0 Å². The minimum Gasteiger partial charge on any atom is -0.351 e. The van der Waals surface area contributed by atoms with Gasteiger partial charge in [0.1, 0.15) is 0 Å². The molecule has 0 aliphatic heterocycles. The van der Waals surface area contributed by atoms with E-state index in [1.165, 1.54) is 0 Å². The highest BCUT2D eigenvalue weighted by Gasteiger charge is 2.26. The van der Waals surface area contributed by atoms with E-state index >= 15 is 0 Å². The standard InChI is InChI=1S/C10H15F3N4O/c1-7-8(4-16-17(7)2)3-15-9(18)5-14-6-10(11,12)13/h4,14H,3,5-6H2,1-2H3,(H,15,18). The average molecular weight is 264 g/mol. The van der Waals surface area contributed by atoms with Crippen molar-refractivity contribution in [2.45, 2.75) is 19.6 Å². The Morgan fingerprint density at radius 2 is 2.17 bits per heavy atom. The molecule has 0 radical (unpaired) electrons. The van der Waals surface area contributed by atoms with Crippen molar-refractivity contribution in [1.29, 1.82) is 0 Å². The van der Waals surface area contributed by atoms with E-state index < -0.39 is 18.6 Å². The van der Waals surface area contributed by atoms with E-state index in [0.717, 1.165) is 11.3 Å². The van der Waals surface area contributed by atoms with E-state index in [4.69, 9.17) is 0 Å². The number of hydrogen-bond donors (Lipinski definition) is 2. The van der Waals surface area contributed by atoms with Gasteiger partial charge in [-0.15, -0.1) is 0 Å². The highest BCUT2D eigenvalue weighted by Crippen LogP contribution is 2.11. The minimum absolute atomic E-state index is 0.256. The second-order valence-electron chi connectivity index (χ2n) is 3.87. The molecule has 0 aliphatic rings. The summed E-state index contributed by atoms with van der Waals surface area (Å²) in [7, 11) is 1.77. The van der Waals surface area contributed by atoms with Crippen molar-refractivity contribution >= 4 is 5.91 Å². The fourth-order valence-electron chi connectivity index (χ4n) is 1.29. The molecule has 0 aliphatic carbocycles. The predicted molar refractivity (Wildman–Crippen MR) is 58.7 cm³/mol. The zero-order valence-corrected chi connectivity index (χ0v) is 10.1. The van der Waals surface area contributed by atoms with Gasteiger partial charge in [-0.25, -0.2) is 0 Å². The topological polar surface area (TPSA) is 59.0 Å². The molecule has 0 spiro atoms. The number of alkyl halides is 3. The van der Waals surface area contributed by atoms with Gasteiger partial charge < -0.3 is 10.6 Å². The van der Waals surface area contributed by atoms with E-state index in [9.17, 15) is 18.0 Å². The Bertz CT molecular complexity index is 414. The van der Waals surface area contributed by atoms with Crippen LogP contribution in [0.4, 0.5) is 13.2 Å². The average Bonchev–Trinajstić information content (AvgIpc) is 2.55. The summed E-state index contributed by atoms with van der Waals surface area (Å²) >= 11 is 0. The van der Waals surface area contributed by atoms with Crippen LogP contribution in [0.2, 0.25) is 0 Å². The number of rotatable bonds is 5. The fraction of sp³-hybridized carbons (Fsp3) is 0.600. The normalized spacial score (nSPS) is 11.6. The Balaban J connectivity index is 2.27. The number of aryl methyl sites for hydroxylation is 1. The molecule has 0 atom stereocenters. The molecule has 8 heteroatoms. The van der Waals surface area contributed by atoms with Crippen LogP contribution < -0.4 is 10.6 Å². The first-order valence-electron chi connectivity index (χ1n) is 5.31. The van der Waals surface area contributed by atoms with Gasteiger partial charge in [-0.05, 0) is 6.92 Å². The Labute approximate surface area is 102 Å². The molecule has 0 bridgehead atoms. The lowest BCUT2D eigenvalue weighted by Crippen LogP contribution is -2.38. The third-order valence-electron chi connectivity index (χ3n) is 2.42. The SMILES string of the molecule is Cc1c(CNC(=O)CNCC(F)(F)F)cnn1C. The van der Waals surface area contributed by atoms with Gasteiger partial charge in [0.15, 0.2) is 0 Å². The third-order valence-corrected chi connectivity index (χ3v) is 2.42. The van der Waals surface area contributed by atoms with Crippen LogP contribution in [0.5, 0.6) is 0 Å². The van der Waals surface area contributed by atoms with Crippen LogP contribution in [0.3, 0.4) is 0 Å². The van der Waals surface area contributed by atoms with E-state index in [-0.39, 0.29) is 13.1 Å². The van der Waals surface area contributed by atoms with Crippen LogP contribution in [0, 0.1) is 6.92 Å². The van der Waals surface area contributed by atoms with Gasteiger partial charge in [-0.1, -0.05) is 0 Å². The van der Waals surface area contributed by atoms with Crippen molar-refractivity contribution < 1.29 is 18.0 Å². The number of nitrogens with zero attached hydrogens (tertiary/aromatic N) is 2.